The first-order valence-electron chi connectivity index (χ1n) is 3.97. The normalized spacial score (nSPS) is 12.5. The molecule has 0 saturated carbocycles. The quantitative estimate of drug-likeness (QED) is 0.568. The van der Waals surface area contributed by atoms with E-state index >= 15 is 0 Å². The van der Waals surface area contributed by atoms with E-state index in [2.05, 4.69) is 5.32 Å². The van der Waals surface area contributed by atoms with Gasteiger partial charge in [0.1, 0.15) is 0 Å². The van der Waals surface area contributed by atoms with Crippen LogP contribution in [-0.4, -0.2) is 18.5 Å². The monoisotopic (exact) mass is 169 g/mol. The third-order valence-electron chi connectivity index (χ3n) is 1.48. The molecule has 0 aromatic rings. The molecule has 1 unspecified atom stereocenters. The number of carbonyl (C=O) groups is 1. The molecule has 0 radical (unpaired) electrons. The average Bonchev–Trinajstić information content (AvgIpc) is 1.96. The van der Waals surface area contributed by atoms with Crippen LogP contribution in [0.4, 0.5) is 0 Å². The summed E-state index contributed by atoms with van der Waals surface area (Å²) in [4.78, 5) is 10.8. The maximum atomic E-state index is 10.8. The Morgan fingerprint density at radius 3 is 2.58 bits per heavy atom. The van der Waals surface area contributed by atoms with Gasteiger partial charge in [-0.2, -0.15) is 5.26 Å². The zero-order chi connectivity index (χ0) is 9.56. The molecule has 0 rings (SSSR count). The van der Waals surface area contributed by atoms with Crippen LogP contribution >= 0.6 is 0 Å². The highest BCUT2D eigenvalue weighted by Gasteiger charge is 2.15. The first-order valence-corrected chi connectivity index (χ1v) is 3.97. The summed E-state index contributed by atoms with van der Waals surface area (Å²) in [6.45, 7) is 4.17. The zero-order valence-corrected chi connectivity index (χ0v) is 7.50. The van der Waals surface area contributed by atoms with Crippen molar-refractivity contribution >= 4 is 5.91 Å². The lowest BCUT2D eigenvalue weighted by atomic mass is 10.0. The van der Waals surface area contributed by atoms with Crippen molar-refractivity contribution < 1.29 is 4.79 Å². The van der Waals surface area contributed by atoms with Crippen molar-refractivity contribution in [2.24, 2.45) is 11.7 Å². The van der Waals surface area contributed by atoms with Gasteiger partial charge < -0.3 is 5.73 Å². The summed E-state index contributed by atoms with van der Waals surface area (Å²) in [5, 5.41) is 11.0. The highest BCUT2D eigenvalue weighted by Crippen LogP contribution is 2.03. The molecule has 3 N–H and O–H groups in total. The molecule has 0 aliphatic carbocycles. The van der Waals surface area contributed by atoms with Crippen LogP contribution in [0.2, 0.25) is 0 Å². The van der Waals surface area contributed by atoms with Gasteiger partial charge in [-0.15, -0.1) is 0 Å². The molecular weight excluding hydrogens is 154 g/mol. The van der Waals surface area contributed by atoms with Gasteiger partial charge in [0.15, 0.2) is 0 Å². The fourth-order valence-corrected chi connectivity index (χ4v) is 0.940. The number of hydrogen-bond donors (Lipinski definition) is 2. The van der Waals surface area contributed by atoms with Crippen molar-refractivity contribution in [3.05, 3.63) is 0 Å². The van der Waals surface area contributed by atoms with Crippen LogP contribution in [0.15, 0.2) is 0 Å². The van der Waals surface area contributed by atoms with Crippen LogP contribution in [0.25, 0.3) is 0 Å². The number of carbonyl (C=O) groups excluding carboxylic acids is 1. The van der Waals surface area contributed by atoms with Crippen LogP contribution in [0, 0.1) is 17.2 Å². The summed E-state index contributed by atoms with van der Waals surface area (Å²) in [5.41, 5.74) is 5.11. The Hall–Kier alpha value is -1.08. The van der Waals surface area contributed by atoms with E-state index in [1.165, 1.54) is 0 Å². The molecule has 1 atom stereocenters. The van der Waals surface area contributed by atoms with Crippen LogP contribution in [0.1, 0.15) is 20.3 Å². The third kappa shape index (κ3) is 4.69. The number of primary amides is 1. The van der Waals surface area contributed by atoms with Crippen LogP contribution < -0.4 is 11.1 Å². The van der Waals surface area contributed by atoms with Crippen molar-refractivity contribution in [1.29, 1.82) is 5.26 Å². The molecule has 0 aromatic heterocycles. The largest absolute Gasteiger partial charge is 0.368 e. The van der Waals surface area contributed by atoms with E-state index < -0.39 is 0 Å². The molecule has 0 spiro atoms. The van der Waals surface area contributed by atoms with E-state index in [-0.39, 0.29) is 18.5 Å². The third-order valence-corrected chi connectivity index (χ3v) is 1.48. The highest BCUT2D eigenvalue weighted by molar-refractivity contribution is 5.79. The lowest BCUT2D eigenvalue weighted by molar-refractivity contribution is -0.120. The Kier molecular flexibility index (Phi) is 5.06. The van der Waals surface area contributed by atoms with Gasteiger partial charge in [-0.25, -0.2) is 0 Å². The second-order valence-electron chi connectivity index (χ2n) is 3.12. The molecule has 0 fully saturated rings. The van der Waals surface area contributed by atoms with E-state index in [1.807, 2.05) is 19.9 Å². The number of nitrogens with zero attached hydrogens (tertiary/aromatic N) is 1. The Labute approximate surface area is 72.7 Å². The second-order valence-corrected chi connectivity index (χ2v) is 3.12. The standard InChI is InChI=1S/C8H15N3O/c1-6(2)5-7(8(10)12)11-4-3-9/h6-7,11H,4-5H2,1-2H3,(H2,10,12). The lowest BCUT2D eigenvalue weighted by Gasteiger charge is -2.14. The summed E-state index contributed by atoms with van der Waals surface area (Å²) in [6.07, 6.45) is 0.678. The number of nitrogens with two attached hydrogens (primary N) is 1. The maximum Gasteiger partial charge on any atom is 0.234 e. The fourth-order valence-electron chi connectivity index (χ4n) is 0.940. The van der Waals surface area contributed by atoms with Gasteiger partial charge in [0, 0.05) is 0 Å². The minimum atomic E-state index is -0.390. The van der Waals surface area contributed by atoms with Crippen molar-refractivity contribution in [2.45, 2.75) is 26.3 Å². The van der Waals surface area contributed by atoms with Gasteiger partial charge in [0.25, 0.3) is 0 Å². The van der Waals surface area contributed by atoms with Gasteiger partial charge in [0.2, 0.25) is 5.91 Å². The number of nitrogens with one attached hydrogen (secondary N) is 1. The Balaban J connectivity index is 3.89. The summed E-state index contributed by atoms with van der Waals surface area (Å²) in [7, 11) is 0. The number of rotatable bonds is 5. The SMILES string of the molecule is CC(C)CC(NCC#N)C(N)=O. The fraction of sp³-hybridized carbons (Fsp3) is 0.750. The van der Waals surface area contributed by atoms with Gasteiger partial charge in [-0.1, -0.05) is 13.8 Å². The molecule has 0 aliphatic heterocycles. The molecule has 0 bridgehead atoms. The molecule has 0 aromatic carbocycles. The van der Waals surface area contributed by atoms with E-state index in [9.17, 15) is 4.79 Å². The van der Waals surface area contributed by atoms with Crippen molar-refractivity contribution in [2.75, 3.05) is 6.54 Å². The Bertz CT molecular complexity index is 183. The maximum absolute atomic E-state index is 10.8. The van der Waals surface area contributed by atoms with Crippen LogP contribution in [0.5, 0.6) is 0 Å². The van der Waals surface area contributed by atoms with Gasteiger partial charge in [0.05, 0.1) is 18.7 Å². The predicted molar refractivity (Wildman–Crippen MR) is 46.1 cm³/mol. The molecular formula is C8H15N3O. The molecule has 4 nitrogen and oxygen atoms in total. The minimum Gasteiger partial charge on any atom is -0.368 e. The Morgan fingerprint density at radius 1 is 1.67 bits per heavy atom. The molecule has 0 aliphatic rings. The Morgan fingerprint density at radius 2 is 2.25 bits per heavy atom. The van der Waals surface area contributed by atoms with Crippen molar-refractivity contribution in [3.8, 4) is 6.07 Å². The first kappa shape index (κ1) is 10.9. The number of nitriles is 1. The lowest BCUT2D eigenvalue weighted by Crippen LogP contribution is -2.42. The highest BCUT2D eigenvalue weighted by atomic mass is 16.1. The smallest absolute Gasteiger partial charge is 0.234 e. The molecule has 0 saturated heterocycles. The zero-order valence-electron chi connectivity index (χ0n) is 7.50. The van der Waals surface area contributed by atoms with E-state index in [0.717, 1.165) is 0 Å². The van der Waals surface area contributed by atoms with Crippen LogP contribution in [-0.2, 0) is 4.79 Å². The molecule has 0 heterocycles. The number of hydrogen-bond acceptors (Lipinski definition) is 3. The summed E-state index contributed by atoms with van der Waals surface area (Å²) >= 11 is 0. The average molecular weight is 169 g/mol. The van der Waals surface area contributed by atoms with Crippen molar-refractivity contribution in [1.82, 2.24) is 5.32 Å². The predicted octanol–water partition coefficient (Wildman–Crippen LogP) is -0.000420. The number of amides is 1. The van der Waals surface area contributed by atoms with E-state index in [4.69, 9.17) is 11.0 Å². The topological polar surface area (TPSA) is 78.9 Å². The minimum absolute atomic E-state index is 0.167. The van der Waals surface area contributed by atoms with Gasteiger partial charge >= 0.3 is 0 Å². The molecule has 68 valence electrons. The second kappa shape index (κ2) is 5.56. The molecule has 4 heteroatoms. The van der Waals surface area contributed by atoms with E-state index in [1.54, 1.807) is 0 Å². The van der Waals surface area contributed by atoms with Gasteiger partial charge in [-0.05, 0) is 12.3 Å². The summed E-state index contributed by atoms with van der Waals surface area (Å²) < 4.78 is 0. The summed E-state index contributed by atoms with van der Waals surface area (Å²) in [5.74, 6) is 0.00708. The van der Waals surface area contributed by atoms with Crippen LogP contribution in [0.3, 0.4) is 0 Å². The first-order chi connectivity index (χ1) is 5.57. The molecule has 12 heavy (non-hydrogen) atoms. The molecule has 1 amide bonds. The van der Waals surface area contributed by atoms with Gasteiger partial charge in [-0.3, -0.25) is 10.1 Å². The summed E-state index contributed by atoms with van der Waals surface area (Å²) in [6, 6.07) is 1.54. The van der Waals surface area contributed by atoms with Crippen molar-refractivity contribution in [3.63, 3.8) is 0 Å². The van der Waals surface area contributed by atoms with E-state index in [0.29, 0.717) is 12.3 Å².